The Kier molecular flexibility index (Phi) is 3.81. The summed E-state index contributed by atoms with van der Waals surface area (Å²) in [6.45, 7) is 2.96. The molecule has 0 radical (unpaired) electrons. The van der Waals surface area contributed by atoms with Crippen LogP contribution in [0.1, 0.15) is 12.6 Å². The average Bonchev–Trinajstić information content (AvgIpc) is 3.12. The van der Waals surface area contributed by atoms with Gasteiger partial charge in [0.1, 0.15) is 5.78 Å². The van der Waals surface area contributed by atoms with Crippen LogP contribution in [0.25, 0.3) is 22.6 Å². The second kappa shape index (κ2) is 5.95. The van der Waals surface area contributed by atoms with Crippen LogP contribution in [0.5, 0.6) is 0 Å². The normalized spacial score (nSPS) is 11.6. The molecule has 0 unspecified atom stereocenters. The topological polar surface area (TPSA) is 83.3 Å². The van der Waals surface area contributed by atoms with Crippen LogP contribution in [0.2, 0.25) is 5.02 Å². The maximum Gasteiger partial charge on any atom is 0.332 e. The maximum absolute atomic E-state index is 12.9. The Morgan fingerprint density at radius 2 is 1.85 bits per heavy atom. The third kappa shape index (κ3) is 2.52. The summed E-state index contributed by atoms with van der Waals surface area (Å²) in [5.41, 5.74) is 1.10. The molecular weight excluding hydrogens is 370 g/mol. The molecule has 1 aromatic carbocycles. The SMILES string of the molecule is CC(=O)Cn1c(=O)c2c(nc3n(-c4ccc(Cl)cc4)c(C)cn23)n(C)c1=O. The first-order valence-corrected chi connectivity index (χ1v) is 8.62. The Labute approximate surface area is 157 Å². The average molecular weight is 386 g/mol. The van der Waals surface area contributed by atoms with E-state index in [1.54, 1.807) is 22.7 Å². The minimum Gasteiger partial charge on any atom is -0.298 e. The van der Waals surface area contributed by atoms with E-state index in [1.807, 2.05) is 23.6 Å². The Hall–Kier alpha value is -3.13. The van der Waals surface area contributed by atoms with Gasteiger partial charge in [0.15, 0.2) is 11.2 Å². The van der Waals surface area contributed by atoms with Crippen LogP contribution in [0, 0.1) is 6.92 Å². The number of ketones is 1. The van der Waals surface area contributed by atoms with Gasteiger partial charge >= 0.3 is 5.69 Å². The Bertz CT molecular complexity index is 1340. The van der Waals surface area contributed by atoms with Crippen molar-refractivity contribution in [2.75, 3.05) is 0 Å². The van der Waals surface area contributed by atoms with Crippen molar-refractivity contribution in [1.82, 2.24) is 23.1 Å². The number of fused-ring (bicyclic) bond motifs is 3. The standard InChI is InChI=1S/C18H16ClN5O3/c1-10-8-22-14-15(21(3)18(27)23(16(14)26)9-11(2)25)20-17(22)24(10)13-6-4-12(19)5-7-13/h4-8H,9H2,1-3H3. The number of halogens is 1. The van der Waals surface area contributed by atoms with Crippen molar-refractivity contribution in [1.29, 1.82) is 0 Å². The van der Waals surface area contributed by atoms with Gasteiger partial charge < -0.3 is 0 Å². The van der Waals surface area contributed by atoms with Crippen molar-refractivity contribution in [3.8, 4) is 5.69 Å². The molecule has 0 N–H and O–H groups in total. The van der Waals surface area contributed by atoms with E-state index in [0.29, 0.717) is 10.8 Å². The highest BCUT2D eigenvalue weighted by Crippen LogP contribution is 2.22. The van der Waals surface area contributed by atoms with E-state index in [9.17, 15) is 14.4 Å². The molecule has 0 aliphatic heterocycles. The largest absolute Gasteiger partial charge is 0.332 e. The third-order valence-corrected chi connectivity index (χ3v) is 4.74. The number of aryl methyl sites for hydroxylation is 2. The lowest BCUT2D eigenvalue weighted by Crippen LogP contribution is -2.40. The van der Waals surface area contributed by atoms with Crippen molar-refractivity contribution >= 4 is 34.3 Å². The Balaban J connectivity index is 2.12. The molecule has 138 valence electrons. The summed E-state index contributed by atoms with van der Waals surface area (Å²) in [6.07, 6.45) is 1.78. The number of nitrogens with zero attached hydrogens (tertiary/aromatic N) is 5. The van der Waals surface area contributed by atoms with Crippen molar-refractivity contribution in [2.45, 2.75) is 20.4 Å². The molecule has 0 amide bonds. The van der Waals surface area contributed by atoms with E-state index in [0.717, 1.165) is 15.9 Å². The second-order valence-corrected chi connectivity index (χ2v) is 6.91. The first-order chi connectivity index (χ1) is 12.8. The first-order valence-electron chi connectivity index (χ1n) is 8.25. The van der Waals surface area contributed by atoms with Crippen molar-refractivity contribution in [3.63, 3.8) is 0 Å². The fourth-order valence-corrected chi connectivity index (χ4v) is 3.41. The number of benzene rings is 1. The number of hydrogen-bond donors (Lipinski definition) is 0. The predicted octanol–water partition coefficient (Wildman–Crippen LogP) is 1.69. The summed E-state index contributed by atoms with van der Waals surface area (Å²) in [5.74, 6) is 0.224. The number of carbonyl (C=O) groups excluding carboxylic acids is 1. The van der Waals surface area contributed by atoms with Crippen molar-refractivity contribution in [2.24, 2.45) is 7.05 Å². The van der Waals surface area contributed by atoms with Crippen LogP contribution in [0.3, 0.4) is 0 Å². The number of rotatable bonds is 3. The van der Waals surface area contributed by atoms with Crippen LogP contribution in [0.4, 0.5) is 0 Å². The van der Waals surface area contributed by atoms with E-state index < -0.39 is 11.2 Å². The fraction of sp³-hybridized carbons (Fsp3) is 0.222. The molecule has 8 nitrogen and oxygen atoms in total. The highest BCUT2D eigenvalue weighted by Gasteiger charge is 2.21. The van der Waals surface area contributed by atoms with Gasteiger partial charge in [-0.2, -0.15) is 4.98 Å². The molecule has 4 rings (SSSR count). The molecule has 0 fully saturated rings. The monoisotopic (exact) mass is 385 g/mol. The molecule has 3 heterocycles. The molecule has 0 bridgehead atoms. The highest BCUT2D eigenvalue weighted by molar-refractivity contribution is 6.30. The van der Waals surface area contributed by atoms with Crippen LogP contribution in [-0.2, 0) is 18.4 Å². The van der Waals surface area contributed by atoms with Gasteiger partial charge in [-0.15, -0.1) is 0 Å². The Morgan fingerprint density at radius 1 is 1.19 bits per heavy atom. The number of hydrogen-bond acceptors (Lipinski definition) is 4. The molecule has 27 heavy (non-hydrogen) atoms. The lowest BCUT2D eigenvalue weighted by Gasteiger charge is -2.06. The van der Waals surface area contributed by atoms with Gasteiger partial charge in [-0.1, -0.05) is 11.6 Å². The van der Waals surface area contributed by atoms with E-state index in [-0.39, 0.29) is 23.5 Å². The summed E-state index contributed by atoms with van der Waals surface area (Å²) in [6, 6.07) is 7.24. The van der Waals surface area contributed by atoms with Gasteiger partial charge in [-0.25, -0.2) is 4.79 Å². The van der Waals surface area contributed by atoms with Gasteiger partial charge in [0.25, 0.3) is 5.56 Å². The zero-order valence-electron chi connectivity index (χ0n) is 14.9. The molecule has 0 aliphatic rings. The lowest BCUT2D eigenvalue weighted by molar-refractivity contribution is -0.117. The molecule has 0 saturated heterocycles. The van der Waals surface area contributed by atoms with Crippen LogP contribution in [-0.4, -0.2) is 28.9 Å². The predicted molar refractivity (Wildman–Crippen MR) is 102 cm³/mol. The summed E-state index contributed by atoms with van der Waals surface area (Å²) in [7, 11) is 1.53. The molecule has 0 atom stereocenters. The first kappa shape index (κ1) is 17.3. The summed E-state index contributed by atoms with van der Waals surface area (Å²) in [4.78, 5) is 41.4. The second-order valence-electron chi connectivity index (χ2n) is 6.47. The van der Waals surface area contributed by atoms with Gasteiger partial charge in [0.2, 0.25) is 5.78 Å². The number of aromatic nitrogens is 5. The number of imidazole rings is 2. The van der Waals surface area contributed by atoms with E-state index in [2.05, 4.69) is 4.98 Å². The molecule has 9 heteroatoms. The smallest absolute Gasteiger partial charge is 0.298 e. The van der Waals surface area contributed by atoms with Crippen molar-refractivity contribution in [3.05, 3.63) is 62.0 Å². The maximum atomic E-state index is 12.9. The lowest BCUT2D eigenvalue weighted by atomic mass is 10.3. The molecule has 4 aromatic rings. The van der Waals surface area contributed by atoms with Gasteiger partial charge in [0, 0.05) is 29.6 Å². The number of carbonyl (C=O) groups is 1. The highest BCUT2D eigenvalue weighted by atomic mass is 35.5. The quantitative estimate of drug-likeness (QED) is 0.537. The summed E-state index contributed by atoms with van der Waals surface area (Å²) >= 11 is 5.97. The van der Waals surface area contributed by atoms with Crippen LogP contribution >= 0.6 is 11.6 Å². The minimum atomic E-state index is -0.571. The zero-order chi connectivity index (χ0) is 19.5. The molecule has 0 saturated carbocycles. The fourth-order valence-electron chi connectivity index (χ4n) is 3.28. The van der Waals surface area contributed by atoms with E-state index in [4.69, 9.17) is 11.6 Å². The Morgan fingerprint density at radius 3 is 2.48 bits per heavy atom. The van der Waals surface area contributed by atoms with Gasteiger partial charge in [-0.3, -0.25) is 27.7 Å². The van der Waals surface area contributed by atoms with Gasteiger partial charge in [-0.05, 0) is 38.1 Å². The van der Waals surface area contributed by atoms with Gasteiger partial charge in [0.05, 0.1) is 6.54 Å². The zero-order valence-corrected chi connectivity index (χ0v) is 15.7. The van der Waals surface area contributed by atoms with Crippen LogP contribution in [0.15, 0.2) is 40.1 Å². The van der Waals surface area contributed by atoms with Crippen molar-refractivity contribution < 1.29 is 4.79 Å². The molecule has 0 spiro atoms. The summed E-state index contributed by atoms with van der Waals surface area (Å²) in [5, 5.41) is 0.614. The van der Waals surface area contributed by atoms with Crippen LogP contribution < -0.4 is 11.2 Å². The minimum absolute atomic E-state index is 0.254. The molecule has 0 aliphatic carbocycles. The number of Topliss-reactive ketones (excluding diaryl/α,β-unsaturated/α-hetero) is 1. The van der Waals surface area contributed by atoms with E-state index >= 15 is 0 Å². The van der Waals surface area contributed by atoms with E-state index in [1.165, 1.54) is 18.5 Å². The summed E-state index contributed by atoms with van der Waals surface area (Å²) < 4.78 is 5.75. The third-order valence-electron chi connectivity index (χ3n) is 4.49. The molecular formula is C18H16ClN5O3. The molecule has 3 aromatic heterocycles.